The van der Waals surface area contributed by atoms with Gasteiger partial charge in [0.2, 0.25) is 0 Å². The second kappa shape index (κ2) is 8.40. The fourth-order valence-electron chi connectivity index (χ4n) is 3.03. The maximum absolute atomic E-state index is 11.3. The lowest BCUT2D eigenvalue weighted by Crippen LogP contribution is -2.34. The number of methoxy groups -OCH3 is 1. The lowest BCUT2D eigenvalue weighted by molar-refractivity contribution is -0.140. The summed E-state index contributed by atoms with van der Waals surface area (Å²) < 4.78 is 4.72. The van der Waals surface area contributed by atoms with Crippen molar-refractivity contribution in [1.29, 1.82) is 0 Å². The second-order valence-corrected chi connectivity index (χ2v) is 6.09. The zero-order valence-corrected chi connectivity index (χ0v) is 13.4. The number of halogens is 1. The van der Waals surface area contributed by atoms with Crippen LogP contribution in [-0.4, -0.2) is 30.6 Å². The lowest BCUT2D eigenvalue weighted by Gasteiger charge is -2.29. The fourth-order valence-corrected chi connectivity index (χ4v) is 3.23. The molecule has 1 fully saturated rings. The van der Waals surface area contributed by atoms with Crippen LogP contribution in [0.1, 0.15) is 44.1 Å². The van der Waals surface area contributed by atoms with E-state index in [2.05, 4.69) is 11.0 Å². The summed E-state index contributed by atoms with van der Waals surface area (Å²) in [6, 6.07) is 8.65. The van der Waals surface area contributed by atoms with Gasteiger partial charge in [0.25, 0.3) is 0 Å². The van der Waals surface area contributed by atoms with E-state index >= 15 is 0 Å². The van der Waals surface area contributed by atoms with Crippen LogP contribution >= 0.6 is 11.6 Å². The first-order valence-corrected chi connectivity index (χ1v) is 8.13. The van der Waals surface area contributed by atoms with Crippen molar-refractivity contribution in [3.8, 4) is 0 Å². The molecule has 1 saturated carbocycles. The first-order chi connectivity index (χ1) is 10.2. The SMILES string of the molecule is COC(=O)CCCN(Cc1ccccc1Cl)C1CCCC1. The van der Waals surface area contributed by atoms with E-state index in [-0.39, 0.29) is 5.97 Å². The van der Waals surface area contributed by atoms with Gasteiger partial charge < -0.3 is 4.74 Å². The van der Waals surface area contributed by atoms with Gasteiger partial charge >= 0.3 is 5.97 Å². The molecule has 116 valence electrons. The smallest absolute Gasteiger partial charge is 0.305 e. The van der Waals surface area contributed by atoms with Crippen LogP contribution in [0.3, 0.4) is 0 Å². The summed E-state index contributed by atoms with van der Waals surface area (Å²) >= 11 is 6.28. The van der Waals surface area contributed by atoms with E-state index in [1.54, 1.807) is 0 Å². The highest BCUT2D eigenvalue weighted by Crippen LogP contribution is 2.27. The minimum Gasteiger partial charge on any atom is -0.469 e. The van der Waals surface area contributed by atoms with Gasteiger partial charge in [0.1, 0.15) is 0 Å². The Hall–Kier alpha value is -1.06. The van der Waals surface area contributed by atoms with Gasteiger partial charge in [-0.2, -0.15) is 0 Å². The highest BCUT2D eigenvalue weighted by atomic mass is 35.5. The molecule has 0 aliphatic heterocycles. The summed E-state index contributed by atoms with van der Waals surface area (Å²) in [6.45, 7) is 1.79. The molecule has 4 heteroatoms. The van der Waals surface area contributed by atoms with Gasteiger partial charge in [-0.1, -0.05) is 42.6 Å². The summed E-state index contributed by atoms with van der Waals surface area (Å²) in [5.74, 6) is -0.126. The third kappa shape index (κ3) is 5.01. The number of ether oxygens (including phenoxy) is 1. The van der Waals surface area contributed by atoms with Crippen LogP contribution in [-0.2, 0) is 16.1 Å². The van der Waals surface area contributed by atoms with Crippen molar-refractivity contribution in [2.24, 2.45) is 0 Å². The molecule has 0 radical (unpaired) electrons. The van der Waals surface area contributed by atoms with Crippen molar-refractivity contribution in [1.82, 2.24) is 4.90 Å². The van der Waals surface area contributed by atoms with Gasteiger partial charge in [0, 0.05) is 24.0 Å². The van der Waals surface area contributed by atoms with Crippen molar-refractivity contribution >= 4 is 17.6 Å². The minimum atomic E-state index is -0.126. The molecular formula is C17H24ClNO2. The second-order valence-electron chi connectivity index (χ2n) is 5.68. The van der Waals surface area contributed by atoms with Gasteiger partial charge in [0.15, 0.2) is 0 Å². The number of esters is 1. The van der Waals surface area contributed by atoms with Crippen molar-refractivity contribution in [2.45, 2.75) is 51.1 Å². The van der Waals surface area contributed by atoms with Crippen LogP contribution in [0.15, 0.2) is 24.3 Å². The predicted octanol–water partition coefficient (Wildman–Crippen LogP) is 4.04. The van der Waals surface area contributed by atoms with Crippen LogP contribution in [0.25, 0.3) is 0 Å². The van der Waals surface area contributed by atoms with Crippen molar-refractivity contribution in [3.63, 3.8) is 0 Å². The number of nitrogens with zero attached hydrogens (tertiary/aromatic N) is 1. The molecule has 0 bridgehead atoms. The molecule has 0 amide bonds. The third-order valence-electron chi connectivity index (χ3n) is 4.23. The van der Waals surface area contributed by atoms with Crippen molar-refractivity contribution < 1.29 is 9.53 Å². The third-order valence-corrected chi connectivity index (χ3v) is 4.59. The minimum absolute atomic E-state index is 0.126. The van der Waals surface area contributed by atoms with Gasteiger partial charge in [-0.25, -0.2) is 0 Å². The predicted molar refractivity (Wildman–Crippen MR) is 85.4 cm³/mol. The summed E-state index contributed by atoms with van der Waals surface area (Å²) in [4.78, 5) is 13.7. The van der Waals surface area contributed by atoms with E-state index in [4.69, 9.17) is 16.3 Å². The molecule has 0 unspecified atom stereocenters. The Balaban J connectivity index is 1.95. The zero-order chi connectivity index (χ0) is 15.1. The van der Waals surface area contributed by atoms with E-state index < -0.39 is 0 Å². The Labute approximate surface area is 132 Å². The molecule has 0 N–H and O–H groups in total. The first kappa shape index (κ1) is 16.3. The number of benzene rings is 1. The molecule has 0 spiro atoms. The van der Waals surface area contributed by atoms with Crippen LogP contribution in [0.2, 0.25) is 5.02 Å². The standard InChI is InChI=1S/C17H24ClNO2/c1-21-17(20)11-6-12-19(15-8-3-4-9-15)13-14-7-2-5-10-16(14)18/h2,5,7,10,15H,3-4,6,8-9,11-13H2,1H3. The van der Waals surface area contributed by atoms with Gasteiger partial charge in [-0.05, 0) is 37.4 Å². The first-order valence-electron chi connectivity index (χ1n) is 7.75. The number of carbonyl (C=O) groups is 1. The van der Waals surface area contributed by atoms with Crippen LogP contribution in [0.4, 0.5) is 0 Å². The molecule has 1 aliphatic carbocycles. The Morgan fingerprint density at radius 1 is 1.33 bits per heavy atom. The Kier molecular flexibility index (Phi) is 6.52. The Morgan fingerprint density at radius 2 is 2.05 bits per heavy atom. The van der Waals surface area contributed by atoms with E-state index in [1.165, 1.54) is 38.4 Å². The molecule has 0 saturated heterocycles. The average molecular weight is 310 g/mol. The molecule has 0 atom stereocenters. The molecule has 0 heterocycles. The van der Waals surface area contributed by atoms with E-state index in [0.29, 0.717) is 12.5 Å². The van der Waals surface area contributed by atoms with Gasteiger partial charge in [0.05, 0.1) is 7.11 Å². The molecule has 1 aromatic carbocycles. The van der Waals surface area contributed by atoms with Crippen LogP contribution in [0.5, 0.6) is 0 Å². The summed E-state index contributed by atoms with van der Waals surface area (Å²) in [5, 5.41) is 0.827. The van der Waals surface area contributed by atoms with E-state index in [0.717, 1.165) is 24.5 Å². The monoisotopic (exact) mass is 309 g/mol. The Bertz CT molecular complexity index is 458. The number of rotatable bonds is 7. The molecule has 3 nitrogen and oxygen atoms in total. The van der Waals surface area contributed by atoms with E-state index in [1.807, 2.05) is 18.2 Å². The maximum atomic E-state index is 11.3. The Morgan fingerprint density at radius 3 is 2.71 bits per heavy atom. The van der Waals surface area contributed by atoms with Crippen molar-refractivity contribution in [3.05, 3.63) is 34.9 Å². The zero-order valence-electron chi connectivity index (χ0n) is 12.7. The normalized spacial score (nSPS) is 15.6. The fraction of sp³-hybridized carbons (Fsp3) is 0.588. The van der Waals surface area contributed by atoms with E-state index in [9.17, 15) is 4.79 Å². The molecule has 1 aromatic rings. The highest BCUT2D eigenvalue weighted by Gasteiger charge is 2.23. The maximum Gasteiger partial charge on any atom is 0.305 e. The summed E-state index contributed by atoms with van der Waals surface area (Å²) in [5.41, 5.74) is 1.17. The molecule has 0 aromatic heterocycles. The lowest BCUT2D eigenvalue weighted by atomic mass is 10.1. The number of hydrogen-bond donors (Lipinski definition) is 0. The van der Waals surface area contributed by atoms with Gasteiger partial charge in [-0.15, -0.1) is 0 Å². The van der Waals surface area contributed by atoms with Gasteiger partial charge in [-0.3, -0.25) is 9.69 Å². The number of hydrogen-bond acceptors (Lipinski definition) is 3. The van der Waals surface area contributed by atoms with Crippen LogP contribution < -0.4 is 0 Å². The molecular weight excluding hydrogens is 286 g/mol. The molecule has 21 heavy (non-hydrogen) atoms. The number of carbonyl (C=O) groups excluding carboxylic acids is 1. The average Bonchev–Trinajstić information content (AvgIpc) is 3.02. The summed E-state index contributed by atoms with van der Waals surface area (Å²) in [7, 11) is 1.45. The summed E-state index contributed by atoms with van der Waals surface area (Å²) in [6.07, 6.45) is 6.45. The quantitative estimate of drug-likeness (QED) is 0.712. The molecule has 1 aliphatic rings. The highest BCUT2D eigenvalue weighted by molar-refractivity contribution is 6.31. The largest absolute Gasteiger partial charge is 0.469 e. The van der Waals surface area contributed by atoms with Crippen LogP contribution in [0, 0.1) is 0 Å². The topological polar surface area (TPSA) is 29.5 Å². The van der Waals surface area contributed by atoms with Crippen molar-refractivity contribution in [2.75, 3.05) is 13.7 Å². The molecule has 2 rings (SSSR count).